The molecule has 1 fully saturated rings. The highest BCUT2D eigenvalue weighted by molar-refractivity contribution is 6.06. The average Bonchev–Trinajstić information content (AvgIpc) is 2.81. The average molecular weight is 464 g/mol. The molecule has 0 spiro atoms. The van der Waals surface area contributed by atoms with E-state index in [2.05, 4.69) is 0 Å². The summed E-state index contributed by atoms with van der Waals surface area (Å²) in [6.45, 7) is -0.690. The van der Waals surface area contributed by atoms with Gasteiger partial charge in [-0.3, -0.25) is 4.79 Å². The van der Waals surface area contributed by atoms with Gasteiger partial charge in [-0.1, -0.05) is 12.1 Å². The van der Waals surface area contributed by atoms with Crippen molar-refractivity contribution in [1.82, 2.24) is 0 Å². The van der Waals surface area contributed by atoms with E-state index in [1.807, 2.05) is 0 Å². The molecule has 0 saturated carbocycles. The van der Waals surface area contributed by atoms with E-state index in [-0.39, 0.29) is 28.4 Å². The zero-order chi connectivity index (χ0) is 24.0. The van der Waals surface area contributed by atoms with Gasteiger partial charge >= 0.3 is 0 Å². The Hall–Kier alpha value is -2.93. The number of carbonyl (C=O) groups is 1. The third kappa shape index (κ3) is 3.78. The van der Waals surface area contributed by atoms with Crippen molar-refractivity contribution in [2.24, 2.45) is 0 Å². The van der Waals surface area contributed by atoms with Crippen molar-refractivity contribution in [3.05, 3.63) is 47.0 Å². The second-order valence-electron chi connectivity index (χ2n) is 7.90. The zero-order valence-corrected chi connectivity index (χ0v) is 17.4. The molecule has 0 amide bonds. The number of rotatable bonds is 4. The molecule has 11 nitrogen and oxygen atoms in total. The number of aliphatic hydroxyl groups excluding tert-OH is 5. The van der Waals surface area contributed by atoms with Crippen molar-refractivity contribution in [1.29, 1.82) is 0 Å². The van der Waals surface area contributed by atoms with Gasteiger partial charge in [0, 0.05) is 6.07 Å². The van der Waals surface area contributed by atoms with Crippen molar-refractivity contribution >= 4 is 5.78 Å². The Kier molecular flexibility index (Phi) is 6.18. The molecule has 1 saturated heterocycles. The monoisotopic (exact) mass is 464 g/mol. The Labute approximate surface area is 187 Å². The van der Waals surface area contributed by atoms with E-state index in [1.165, 1.54) is 37.4 Å². The number of aromatic hydroxyl groups is 2. The molecule has 0 radical (unpaired) electrons. The minimum atomic E-state index is -1.74. The van der Waals surface area contributed by atoms with Gasteiger partial charge < -0.3 is 50.0 Å². The number of hydrogen-bond acceptors (Lipinski definition) is 11. The highest BCUT2D eigenvalue weighted by atomic mass is 16.5. The predicted octanol–water partition coefficient (Wildman–Crippen LogP) is -0.701. The Balaban J connectivity index is 1.79. The van der Waals surface area contributed by atoms with Gasteiger partial charge in [-0.05, 0) is 17.7 Å². The fraction of sp³-hybridized carbons (Fsp3) is 0.409. The minimum Gasteiger partial charge on any atom is -0.508 e. The SMILES string of the molecule is COc1cc2c(c(O)c1C1OC(CO)C(O)C(O)C1O)C(=O)C(O)C(c1ccc(O)cc1)O2. The third-order valence-corrected chi connectivity index (χ3v) is 5.94. The van der Waals surface area contributed by atoms with Crippen molar-refractivity contribution in [3.63, 3.8) is 0 Å². The normalized spacial score (nSPS) is 31.6. The maximum absolute atomic E-state index is 13.0. The van der Waals surface area contributed by atoms with E-state index in [0.29, 0.717) is 5.56 Å². The van der Waals surface area contributed by atoms with Crippen molar-refractivity contribution < 1.29 is 54.8 Å². The van der Waals surface area contributed by atoms with Crippen LogP contribution in [-0.2, 0) is 4.74 Å². The standard InChI is InChI=1S/C22H24O11/c1-31-10-6-11-13(17(27)19(29)21(32-11)8-2-4-9(24)5-3-8)16(26)14(10)22-20(30)18(28)15(25)12(7-23)33-22/h2-6,12,15,18-26,28-30H,7H2,1H3. The number of phenols is 2. The van der Waals surface area contributed by atoms with Crippen LogP contribution in [0.3, 0.4) is 0 Å². The lowest BCUT2D eigenvalue weighted by molar-refractivity contribution is -0.232. The molecule has 7 unspecified atom stereocenters. The first-order valence-corrected chi connectivity index (χ1v) is 10.1. The van der Waals surface area contributed by atoms with Gasteiger partial charge in [-0.2, -0.15) is 0 Å². The number of ether oxygens (including phenoxy) is 3. The number of carbonyl (C=O) groups excluding carboxylic acids is 1. The van der Waals surface area contributed by atoms with Crippen LogP contribution in [0.15, 0.2) is 30.3 Å². The molecular weight excluding hydrogens is 440 g/mol. The summed E-state index contributed by atoms with van der Waals surface area (Å²) in [5, 5.41) is 71.2. The number of benzene rings is 2. The van der Waals surface area contributed by atoms with Crippen LogP contribution < -0.4 is 9.47 Å². The molecule has 0 aromatic heterocycles. The van der Waals surface area contributed by atoms with Crippen LogP contribution in [0.5, 0.6) is 23.0 Å². The number of fused-ring (bicyclic) bond motifs is 1. The summed E-state index contributed by atoms with van der Waals surface area (Å²) in [5.74, 6) is -1.77. The van der Waals surface area contributed by atoms with Crippen LogP contribution in [0, 0.1) is 0 Å². The van der Waals surface area contributed by atoms with Crippen LogP contribution in [-0.4, -0.2) is 85.8 Å². The molecule has 11 heteroatoms. The van der Waals surface area contributed by atoms with Crippen molar-refractivity contribution in [3.8, 4) is 23.0 Å². The minimum absolute atomic E-state index is 0.0146. The molecule has 0 bridgehead atoms. The van der Waals surface area contributed by atoms with E-state index < -0.39 is 60.9 Å². The van der Waals surface area contributed by atoms with Gasteiger partial charge in [0.15, 0.2) is 12.2 Å². The molecule has 33 heavy (non-hydrogen) atoms. The molecule has 2 aliphatic rings. The topological polar surface area (TPSA) is 186 Å². The zero-order valence-electron chi connectivity index (χ0n) is 17.4. The smallest absolute Gasteiger partial charge is 0.202 e. The molecule has 2 heterocycles. The number of aliphatic hydroxyl groups is 5. The van der Waals surface area contributed by atoms with Crippen LogP contribution in [0.25, 0.3) is 0 Å². The summed E-state index contributed by atoms with van der Waals surface area (Å²) in [7, 11) is 1.26. The number of hydrogen-bond donors (Lipinski definition) is 7. The van der Waals surface area contributed by atoms with Gasteiger partial charge in [0.2, 0.25) is 5.78 Å². The Morgan fingerprint density at radius 3 is 2.24 bits per heavy atom. The molecular formula is C22H24O11. The largest absolute Gasteiger partial charge is 0.508 e. The number of methoxy groups -OCH3 is 1. The van der Waals surface area contributed by atoms with Gasteiger partial charge in [0.05, 0.1) is 19.3 Å². The van der Waals surface area contributed by atoms with E-state index in [0.717, 1.165) is 0 Å². The lowest BCUT2D eigenvalue weighted by Gasteiger charge is -2.41. The second-order valence-corrected chi connectivity index (χ2v) is 7.90. The lowest BCUT2D eigenvalue weighted by atomic mass is 9.86. The summed E-state index contributed by atoms with van der Waals surface area (Å²) in [6, 6.07) is 6.95. The predicted molar refractivity (Wildman–Crippen MR) is 109 cm³/mol. The molecule has 178 valence electrons. The van der Waals surface area contributed by atoms with E-state index >= 15 is 0 Å². The first-order chi connectivity index (χ1) is 15.7. The van der Waals surface area contributed by atoms with Crippen molar-refractivity contribution in [2.45, 2.75) is 42.7 Å². The molecule has 0 aliphatic carbocycles. The highest BCUT2D eigenvalue weighted by Gasteiger charge is 2.48. The summed E-state index contributed by atoms with van der Waals surface area (Å²) >= 11 is 0. The van der Waals surface area contributed by atoms with Crippen LogP contribution in [0.2, 0.25) is 0 Å². The molecule has 2 aliphatic heterocycles. The van der Waals surface area contributed by atoms with Crippen LogP contribution in [0.1, 0.15) is 33.7 Å². The third-order valence-electron chi connectivity index (χ3n) is 5.94. The maximum Gasteiger partial charge on any atom is 0.202 e. The molecule has 2 aromatic carbocycles. The van der Waals surface area contributed by atoms with Gasteiger partial charge in [0.25, 0.3) is 0 Å². The second kappa shape index (κ2) is 8.78. The fourth-order valence-electron chi connectivity index (χ4n) is 4.15. The van der Waals surface area contributed by atoms with Gasteiger partial charge in [0.1, 0.15) is 59.1 Å². The van der Waals surface area contributed by atoms with Gasteiger partial charge in [-0.25, -0.2) is 0 Å². The number of ketones is 1. The highest BCUT2D eigenvalue weighted by Crippen LogP contribution is 2.49. The van der Waals surface area contributed by atoms with Gasteiger partial charge in [-0.15, -0.1) is 0 Å². The summed E-state index contributed by atoms with van der Waals surface area (Å²) < 4.78 is 16.6. The van der Waals surface area contributed by atoms with E-state index in [4.69, 9.17) is 14.2 Å². The number of Topliss-reactive ketones (excluding diaryl/α,β-unsaturated/α-hetero) is 1. The fourth-order valence-corrected chi connectivity index (χ4v) is 4.15. The molecule has 4 rings (SSSR count). The Morgan fingerprint density at radius 2 is 1.64 bits per heavy atom. The summed E-state index contributed by atoms with van der Waals surface area (Å²) in [5.41, 5.74) is -0.207. The van der Waals surface area contributed by atoms with Crippen LogP contribution in [0.4, 0.5) is 0 Å². The van der Waals surface area contributed by atoms with E-state index in [9.17, 15) is 40.5 Å². The van der Waals surface area contributed by atoms with Crippen LogP contribution >= 0.6 is 0 Å². The first-order valence-electron chi connectivity index (χ1n) is 10.1. The lowest BCUT2D eigenvalue weighted by Crippen LogP contribution is -2.55. The Morgan fingerprint density at radius 1 is 0.970 bits per heavy atom. The van der Waals surface area contributed by atoms with E-state index in [1.54, 1.807) is 0 Å². The Bertz CT molecular complexity index is 1040. The molecule has 7 atom stereocenters. The summed E-state index contributed by atoms with van der Waals surface area (Å²) in [6.07, 6.45) is -10.7. The first kappa shape index (κ1) is 23.2. The summed E-state index contributed by atoms with van der Waals surface area (Å²) in [4.78, 5) is 13.0. The molecule has 2 aromatic rings. The molecule has 7 N–H and O–H groups in total. The number of phenolic OH excluding ortho intramolecular Hbond substituents is 2. The quantitative estimate of drug-likeness (QED) is 0.303. The van der Waals surface area contributed by atoms with Crippen molar-refractivity contribution in [2.75, 3.05) is 13.7 Å². The maximum atomic E-state index is 13.0.